The molecule has 9 aromatic rings. The average molecular weight is 889 g/mol. The van der Waals surface area contributed by atoms with Gasteiger partial charge in [-0.05, 0) is 153 Å². The summed E-state index contributed by atoms with van der Waals surface area (Å²) in [6, 6.07) is 83.1. The van der Waals surface area contributed by atoms with E-state index >= 15 is 0 Å². The Morgan fingerprint density at radius 2 is 0.754 bits per heavy atom. The molecule has 0 aromatic heterocycles. The lowest BCUT2D eigenvalue weighted by Crippen LogP contribution is -2.10. The molecule has 2 heteroatoms. The SMILES string of the molecule is C=C/C=C(\C=C)c1ccc(N(c2ccc(-c3ccccc3)cc2)c2ccc(-c3ccc(N(c4ccc(C(/C=C\C)=C/CC)cc4)c4ccc(-c5ccccc5)cc4)cc3)c(-c3ccccc3)c2)cc1. The molecule has 334 valence electrons. The Balaban J connectivity index is 1.12. The molecule has 0 aliphatic heterocycles. The first-order chi connectivity index (χ1) is 34.0. The van der Waals surface area contributed by atoms with Crippen LogP contribution in [0.3, 0.4) is 0 Å². The molecule has 0 radical (unpaired) electrons. The zero-order chi connectivity index (χ0) is 47.4. The summed E-state index contributed by atoms with van der Waals surface area (Å²) in [5.74, 6) is 0. The standard InChI is InChI=1S/C67H56N2/c1-5-18-50(8-4)54-27-37-63(38-28-54)69(64-43-33-57(34-44-64)53-23-14-10-15-24-53)65-47-48-66(67(49-65)58-25-16-11-17-26-58)59-35-45-62(46-36-59)68(60-39-29-55(30-40-60)51(19-6-2)20-7-3)61-41-31-56(32-42-61)52-21-12-9-13-22-52/h5-6,8-49H,1,4,7H2,2-3H3/b19-6-,50-18+,51-20+. The van der Waals surface area contributed by atoms with E-state index in [0.717, 1.165) is 73.9 Å². The largest absolute Gasteiger partial charge is 0.311 e. The van der Waals surface area contributed by atoms with Crippen molar-refractivity contribution in [3.05, 3.63) is 291 Å². The fourth-order valence-corrected chi connectivity index (χ4v) is 9.03. The maximum atomic E-state index is 4.05. The molecular formula is C67H56N2. The lowest BCUT2D eigenvalue weighted by molar-refractivity contribution is 1.23. The fourth-order valence-electron chi connectivity index (χ4n) is 9.03. The molecule has 0 unspecified atom stereocenters. The quantitative estimate of drug-likeness (QED) is 0.0892. The zero-order valence-electron chi connectivity index (χ0n) is 39.4. The summed E-state index contributed by atoms with van der Waals surface area (Å²) in [5, 5.41) is 0. The highest BCUT2D eigenvalue weighted by Crippen LogP contribution is 2.43. The minimum atomic E-state index is 0.975. The van der Waals surface area contributed by atoms with Crippen LogP contribution in [0.1, 0.15) is 31.4 Å². The molecule has 0 N–H and O–H groups in total. The van der Waals surface area contributed by atoms with Crippen LogP contribution < -0.4 is 9.80 Å². The number of benzene rings is 9. The summed E-state index contributed by atoms with van der Waals surface area (Å²) in [7, 11) is 0. The van der Waals surface area contributed by atoms with Crippen molar-refractivity contribution in [1.82, 2.24) is 0 Å². The second kappa shape index (κ2) is 21.7. The molecule has 0 aliphatic carbocycles. The van der Waals surface area contributed by atoms with E-state index in [1.54, 1.807) is 6.08 Å². The fraction of sp³-hybridized carbons (Fsp3) is 0.0448. The minimum absolute atomic E-state index is 0.975. The highest BCUT2D eigenvalue weighted by molar-refractivity contribution is 5.91. The summed E-state index contributed by atoms with van der Waals surface area (Å²) < 4.78 is 0. The van der Waals surface area contributed by atoms with Crippen LogP contribution in [0.2, 0.25) is 0 Å². The number of nitrogens with zero attached hydrogens (tertiary/aromatic N) is 2. The van der Waals surface area contributed by atoms with Gasteiger partial charge >= 0.3 is 0 Å². The van der Waals surface area contributed by atoms with Crippen molar-refractivity contribution in [1.29, 1.82) is 0 Å². The summed E-state index contributed by atoms with van der Waals surface area (Å²) in [4.78, 5) is 4.69. The highest BCUT2D eigenvalue weighted by atomic mass is 15.1. The van der Waals surface area contributed by atoms with Crippen molar-refractivity contribution in [2.24, 2.45) is 0 Å². The van der Waals surface area contributed by atoms with Crippen LogP contribution in [-0.2, 0) is 0 Å². The molecule has 0 heterocycles. The lowest BCUT2D eigenvalue weighted by atomic mass is 9.93. The second-order valence-electron chi connectivity index (χ2n) is 16.9. The van der Waals surface area contributed by atoms with E-state index < -0.39 is 0 Å². The van der Waals surface area contributed by atoms with Crippen molar-refractivity contribution in [2.75, 3.05) is 9.80 Å². The van der Waals surface area contributed by atoms with Gasteiger partial charge in [-0.25, -0.2) is 0 Å². The van der Waals surface area contributed by atoms with E-state index in [2.05, 4.69) is 286 Å². The van der Waals surface area contributed by atoms with Crippen molar-refractivity contribution in [3.63, 3.8) is 0 Å². The highest BCUT2D eigenvalue weighted by Gasteiger charge is 2.19. The molecule has 9 aromatic carbocycles. The Bertz CT molecular complexity index is 3220. The van der Waals surface area contributed by atoms with Gasteiger partial charge in [-0.3, -0.25) is 0 Å². The van der Waals surface area contributed by atoms with E-state index in [0.29, 0.717) is 0 Å². The van der Waals surface area contributed by atoms with Crippen LogP contribution in [-0.4, -0.2) is 0 Å². The summed E-state index contributed by atoms with van der Waals surface area (Å²) >= 11 is 0. The number of anilines is 6. The molecule has 0 saturated carbocycles. The maximum Gasteiger partial charge on any atom is 0.0468 e. The van der Waals surface area contributed by atoms with Gasteiger partial charge in [0, 0.05) is 34.1 Å². The second-order valence-corrected chi connectivity index (χ2v) is 16.9. The first-order valence-corrected chi connectivity index (χ1v) is 23.7. The van der Waals surface area contributed by atoms with Crippen LogP contribution in [0, 0.1) is 0 Å². The number of hydrogen-bond acceptors (Lipinski definition) is 2. The van der Waals surface area contributed by atoms with Crippen molar-refractivity contribution >= 4 is 45.3 Å². The minimum Gasteiger partial charge on any atom is -0.311 e. The molecule has 2 nitrogen and oxygen atoms in total. The molecule has 0 aliphatic rings. The maximum absolute atomic E-state index is 4.05. The van der Waals surface area contributed by atoms with Gasteiger partial charge < -0.3 is 9.80 Å². The molecule has 9 rings (SSSR count). The van der Waals surface area contributed by atoms with Crippen LogP contribution in [0.4, 0.5) is 34.1 Å². The lowest BCUT2D eigenvalue weighted by Gasteiger charge is -2.28. The third kappa shape index (κ3) is 10.3. The van der Waals surface area contributed by atoms with Gasteiger partial charge in [0.25, 0.3) is 0 Å². The van der Waals surface area contributed by atoms with E-state index in [1.807, 2.05) is 12.2 Å². The Kier molecular flexibility index (Phi) is 14.3. The normalized spacial score (nSPS) is 11.6. The van der Waals surface area contributed by atoms with Gasteiger partial charge in [-0.2, -0.15) is 0 Å². The zero-order valence-corrected chi connectivity index (χ0v) is 39.4. The monoisotopic (exact) mass is 888 g/mol. The molecule has 0 atom stereocenters. The molecule has 0 saturated heterocycles. The van der Waals surface area contributed by atoms with Gasteiger partial charge in [-0.1, -0.05) is 214 Å². The van der Waals surface area contributed by atoms with E-state index in [-0.39, 0.29) is 0 Å². The predicted octanol–water partition coefficient (Wildman–Crippen LogP) is 19.4. The molecular weight excluding hydrogens is 833 g/mol. The number of allylic oxidation sites excluding steroid dienone is 8. The Morgan fingerprint density at radius 1 is 0.391 bits per heavy atom. The van der Waals surface area contributed by atoms with Crippen LogP contribution in [0.15, 0.2) is 280 Å². The third-order valence-corrected chi connectivity index (χ3v) is 12.5. The first kappa shape index (κ1) is 45.4. The first-order valence-electron chi connectivity index (χ1n) is 23.7. The summed E-state index contributed by atoms with van der Waals surface area (Å²) in [6.45, 7) is 12.2. The Hall–Kier alpha value is -8.72. The van der Waals surface area contributed by atoms with E-state index in [1.165, 1.54) is 33.4 Å². The molecule has 0 fully saturated rings. The van der Waals surface area contributed by atoms with Crippen molar-refractivity contribution in [3.8, 4) is 44.5 Å². The van der Waals surface area contributed by atoms with Gasteiger partial charge in [0.2, 0.25) is 0 Å². The molecule has 0 amide bonds. The van der Waals surface area contributed by atoms with Gasteiger partial charge in [0.05, 0.1) is 0 Å². The van der Waals surface area contributed by atoms with Crippen LogP contribution >= 0.6 is 0 Å². The van der Waals surface area contributed by atoms with Crippen molar-refractivity contribution in [2.45, 2.75) is 20.3 Å². The van der Waals surface area contributed by atoms with Gasteiger partial charge in [-0.15, -0.1) is 0 Å². The topological polar surface area (TPSA) is 6.48 Å². The van der Waals surface area contributed by atoms with Gasteiger partial charge in [0.15, 0.2) is 0 Å². The molecule has 0 bridgehead atoms. The van der Waals surface area contributed by atoms with Crippen LogP contribution in [0.25, 0.3) is 55.7 Å². The molecule has 69 heavy (non-hydrogen) atoms. The van der Waals surface area contributed by atoms with Crippen LogP contribution in [0.5, 0.6) is 0 Å². The van der Waals surface area contributed by atoms with E-state index in [4.69, 9.17) is 0 Å². The average Bonchev–Trinajstić information content (AvgIpc) is 3.42. The smallest absolute Gasteiger partial charge is 0.0468 e. The van der Waals surface area contributed by atoms with Crippen molar-refractivity contribution < 1.29 is 0 Å². The Morgan fingerprint density at radius 3 is 1.17 bits per heavy atom. The third-order valence-electron chi connectivity index (χ3n) is 12.5. The number of rotatable bonds is 16. The number of hydrogen-bond donors (Lipinski definition) is 0. The summed E-state index contributed by atoms with van der Waals surface area (Å²) in [5.41, 5.74) is 20.3. The van der Waals surface area contributed by atoms with Gasteiger partial charge in [0.1, 0.15) is 0 Å². The Labute approximate surface area is 409 Å². The predicted molar refractivity (Wildman–Crippen MR) is 299 cm³/mol. The summed E-state index contributed by atoms with van der Waals surface area (Å²) in [6.07, 6.45) is 13.2. The molecule has 0 spiro atoms. The van der Waals surface area contributed by atoms with E-state index in [9.17, 15) is 0 Å².